The third-order valence-electron chi connectivity index (χ3n) is 5.58. The SMILES string of the molecule is O=C(O)N(c1ccc([N+](=O)[O-])cc1)c1ccc(Oc2cccc3c2C2(CC2)CO3)nc1. The number of hydrogen-bond donors (Lipinski definition) is 1. The van der Waals surface area contributed by atoms with Crippen LogP contribution < -0.4 is 14.4 Å². The van der Waals surface area contributed by atoms with Gasteiger partial charge in [-0.3, -0.25) is 10.1 Å². The van der Waals surface area contributed by atoms with Gasteiger partial charge >= 0.3 is 6.09 Å². The summed E-state index contributed by atoms with van der Waals surface area (Å²) in [6.07, 6.45) is 2.28. The molecule has 2 aromatic carbocycles. The number of nitrogens with zero attached hydrogens (tertiary/aromatic N) is 3. The van der Waals surface area contributed by atoms with Crippen LogP contribution in [0.5, 0.6) is 17.4 Å². The summed E-state index contributed by atoms with van der Waals surface area (Å²) in [5.41, 5.74) is 1.54. The Labute approximate surface area is 176 Å². The zero-order chi connectivity index (χ0) is 21.6. The van der Waals surface area contributed by atoms with E-state index in [0.717, 1.165) is 29.1 Å². The van der Waals surface area contributed by atoms with Crippen LogP contribution in [-0.2, 0) is 5.41 Å². The number of carbonyl (C=O) groups is 1. The molecule has 1 saturated carbocycles. The van der Waals surface area contributed by atoms with Crippen LogP contribution in [0.3, 0.4) is 0 Å². The van der Waals surface area contributed by atoms with Gasteiger partial charge in [0.15, 0.2) is 0 Å². The van der Waals surface area contributed by atoms with E-state index in [1.807, 2.05) is 18.2 Å². The van der Waals surface area contributed by atoms with Gasteiger partial charge in [0.2, 0.25) is 5.88 Å². The number of rotatable bonds is 5. The first-order valence-electron chi connectivity index (χ1n) is 9.65. The minimum Gasteiger partial charge on any atom is -0.492 e. The predicted molar refractivity (Wildman–Crippen MR) is 110 cm³/mol. The Bertz CT molecular complexity index is 1170. The van der Waals surface area contributed by atoms with E-state index >= 15 is 0 Å². The smallest absolute Gasteiger partial charge is 0.416 e. The molecule has 0 atom stereocenters. The van der Waals surface area contributed by atoms with E-state index < -0.39 is 11.0 Å². The van der Waals surface area contributed by atoms with Crippen molar-refractivity contribution in [3.8, 4) is 17.4 Å². The Kier molecular flexibility index (Phi) is 4.25. The number of anilines is 2. The van der Waals surface area contributed by atoms with Gasteiger partial charge in [-0.25, -0.2) is 14.7 Å². The number of carboxylic acid groups (broad SMARTS) is 1. The quantitative estimate of drug-likeness (QED) is 0.456. The van der Waals surface area contributed by atoms with Crippen molar-refractivity contribution in [1.82, 2.24) is 4.98 Å². The van der Waals surface area contributed by atoms with Gasteiger partial charge in [0.05, 0.1) is 29.1 Å². The number of aromatic nitrogens is 1. The lowest BCUT2D eigenvalue weighted by Gasteiger charge is -2.19. The largest absolute Gasteiger partial charge is 0.492 e. The Hall–Kier alpha value is -4.14. The van der Waals surface area contributed by atoms with Gasteiger partial charge in [-0.05, 0) is 43.2 Å². The molecule has 3 aromatic rings. The summed E-state index contributed by atoms with van der Waals surface area (Å²) in [7, 11) is 0. The van der Waals surface area contributed by atoms with Crippen molar-refractivity contribution < 1.29 is 24.3 Å². The molecule has 1 aliphatic heterocycles. The van der Waals surface area contributed by atoms with Crippen molar-refractivity contribution in [2.24, 2.45) is 0 Å². The molecular weight excluding hydrogens is 402 g/mol. The maximum atomic E-state index is 11.8. The first-order chi connectivity index (χ1) is 15.0. The van der Waals surface area contributed by atoms with Crippen molar-refractivity contribution in [3.05, 3.63) is 76.5 Å². The predicted octanol–water partition coefficient (Wildman–Crippen LogP) is 5.02. The molecule has 2 aliphatic rings. The first-order valence-corrected chi connectivity index (χ1v) is 9.65. The lowest BCUT2D eigenvalue weighted by atomic mass is 9.97. The fourth-order valence-corrected chi connectivity index (χ4v) is 3.84. The van der Waals surface area contributed by atoms with Crippen molar-refractivity contribution in [2.45, 2.75) is 18.3 Å². The number of fused-ring (bicyclic) bond motifs is 2. The average Bonchev–Trinajstić information content (AvgIpc) is 3.44. The number of amides is 1. The fraction of sp³-hybridized carbons (Fsp3) is 0.182. The van der Waals surface area contributed by atoms with Gasteiger partial charge in [-0.2, -0.15) is 0 Å². The second-order valence-electron chi connectivity index (χ2n) is 7.55. The van der Waals surface area contributed by atoms with Crippen molar-refractivity contribution in [3.63, 3.8) is 0 Å². The van der Waals surface area contributed by atoms with Crippen LogP contribution in [-0.4, -0.2) is 27.7 Å². The molecule has 1 fully saturated rings. The van der Waals surface area contributed by atoms with Crippen LogP contribution in [0.25, 0.3) is 0 Å². The molecule has 0 radical (unpaired) electrons. The highest BCUT2D eigenvalue weighted by atomic mass is 16.6. The molecule has 0 saturated heterocycles. The van der Waals surface area contributed by atoms with Gasteiger partial charge in [0.25, 0.3) is 5.69 Å². The van der Waals surface area contributed by atoms with Crippen LogP contribution in [0.4, 0.5) is 21.9 Å². The lowest BCUT2D eigenvalue weighted by molar-refractivity contribution is -0.384. The molecule has 5 rings (SSSR count). The molecule has 1 amide bonds. The summed E-state index contributed by atoms with van der Waals surface area (Å²) < 4.78 is 11.8. The Morgan fingerprint density at radius 3 is 2.48 bits per heavy atom. The number of nitro benzene ring substituents is 1. The first kappa shape index (κ1) is 18.9. The van der Waals surface area contributed by atoms with E-state index in [4.69, 9.17) is 9.47 Å². The zero-order valence-electron chi connectivity index (χ0n) is 16.2. The molecule has 156 valence electrons. The van der Waals surface area contributed by atoms with Gasteiger partial charge in [0, 0.05) is 29.2 Å². The summed E-state index contributed by atoms with van der Waals surface area (Å²) in [4.78, 5) is 27.4. The number of non-ortho nitro benzene ring substituents is 1. The minimum absolute atomic E-state index is 0.0435. The van der Waals surface area contributed by atoms with Crippen LogP contribution in [0.1, 0.15) is 18.4 Å². The summed E-state index contributed by atoms with van der Waals surface area (Å²) in [5, 5.41) is 20.5. The zero-order valence-corrected chi connectivity index (χ0v) is 16.2. The summed E-state index contributed by atoms with van der Waals surface area (Å²) in [6, 6.07) is 14.1. The third kappa shape index (κ3) is 3.29. The maximum absolute atomic E-state index is 11.8. The molecule has 1 N–H and O–H groups in total. The lowest BCUT2D eigenvalue weighted by Crippen LogP contribution is -2.23. The van der Waals surface area contributed by atoms with E-state index in [9.17, 15) is 20.0 Å². The summed E-state index contributed by atoms with van der Waals surface area (Å²) in [6.45, 7) is 0.665. The maximum Gasteiger partial charge on any atom is 0.416 e. The Morgan fingerprint density at radius 1 is 1.13 bits per heavy atom. The van der Waals surface area contributed by atoms with Crippen molar-refractivity contribution in [2.75, 3.05) is 11.5 Å². The molecule has 9 heteroatoms. The van der Waals surface area contributed by atoms with Crippen LogP contribution in [0.15, 0.2) is 60.8 Å². The molecule has 1 aliphatic carbocycles. The molecule has 1 aromatic heterocycles. The van der Waals surface area contributed by atoms with Crippen LogP contribution in [0, 0.1) is 10.1 Å². The van der Waals surface area contributed by atoms with E-state index in [-0.39, 0.29) is 22.5 Å². The Balaban J connectivity index is 1.40. The average molecular weight is 419 g/mol. The normalized spacial score (nSPS) is 15.1. The molecule has 2 heterocycles. The van der Waals surface area contributed by atoms with Gasteiger partial charge in [-0.15, -0.1) is 0 Å². The summed E-state index contributed by atoms with van der Waals surface area (Å²) in [5.74, 6) is 1.86. The van der Waals surface area contributed by atoms with E-state index in [2.05, 4.69) is 4.98 Å². The van der Waals surface area contributed by atoms with Gasteiger partial charge in [-0.1, -0.05) is 6.07 Å². The Morgan fingerprint density at radius 2 is 1.87 bits per heavy atom. The van der Waals surface area contributed by atoms with E-state index in [1.165, 1.54) is 30.5 Å². The highest BCUT2D eigenvalue weighted by molar-refractivity contribution is 5.94. The van der Waals surface area contributed by atoms with Gasteiger partial charge in [0.1, 0.15) is 11.5 Å². The molecule has 1 spiro atoms. The van der Waals surface area contributed by atoms with E-state index in [1.54, 1.807) is 12.1 Å². The highest BCUT2D eigenvalue weighted by Gasteiger charge is 2.52. The molecular formula is C22H17N3O6. The van der Waals surface area contributed by atoms with Crippen molar-refractivity contribution in [1.29, 1.82) is 0 Å². The molecule has 31 heavy (non-hydrogen) atoms. The minimum atomic E-state index is -1.24. The van der Waals surface area contributed by atoms with Crippen LogP contribution in [0.2, 0.25) is 0 Å². The number of nitro groups is 1. The standard InChI is InChI=1S/C22H17N3O6/c26-21(27)24(14-4-6-15(7-5-14)25(28)29)16-8-9-19(23-12-16)31-18-3-1-2-17-20(18)22(10-11-22)13-30-17/h1-9,12H,10-11,13H2,(H,26,27). The third-order valence-corrected chi connectivity index (χ3v) is 5.58. The second kappa shape index (κ2) is 6.98. The number of pyridine rings is 1. The topological polar surface area (TPSA) is 115 Å². The van der Waals surface area contributed by atoms with Gasteiger partial charge < -0.3 is 14.6 Å². The number of benzene rings is 2. The number of hydrogen-bond acceptors (Lipinski definition) is 6. The highest BCUT2D eigenvalue weighted by Crippen LogP contribution is 2.58. The van der Waals surface area contributed by atoms with Crippen molar-refractivity contribution >= 4 is 23.2 Å². The second-order valence-corrected chi connectivity index (χ2v) is 7.55. The molecule has 0 unspecified atom stereocenters. The fourth-order valence-electron chi connectivity index (χ4n) is 3.84. The molecule has 9 nitrogen and oxygen atoms in total. The van der Waals surface area contributed by atoms with Crippen LogP contribution >= 0.6 is 0 Å². The monoisotopic (exact) mass is 419 g/mol. The number of ether oxygens (including phenoxy) is 2. The summed E-state index contributed by atoms with van der Waals surface area (Å²) >= 11 is 0. The van der Waals surface area contributed by atoms with E-state index in [0.29, 0.717) is 18.2 Å². The molecule has 0 bridgehead atoms.